The third-order valence-corrected chi connectivity index (χ3v) is 6.26. The molecule has 8 heteroatoms. The van der Waals surface area contributed by atoms with Gasteiger partial charge in [0.2, 0.25) is 0 Å². The fourth-order valence-corrected chi connectivity index (χ4v) is 4.59. The number of nitrogens with zero attached hydrogens (tertiary/aromatic N) is 4. The van der Waals surface area contributed by atoms with Crippen LogP contribution in [0.15, 0.2) is 30.5 Å². The lowest BCUT2D eigenvalue weighted by molar-refractivity contribution is 0.0264. The molecule has 29 heavy (non-hydrogen) atoms. The van der Waals surface area contributed by atoms with Crippen LogP contribution in [0.1, 0.15) is 42.6 Å². The number of rotatable bonds is 5. The van der Waals surface area contributed by atoms with Crippen LogP contribution in [0.25, 0.3) is 0 Å². The number of amides is 1. The van der Waals surface area contributed by atoms with Gasteiger partial charge in [-0.2, -0.15) is 10.4 Å². The van der Waals surface area contributed by atoms with Crippen molar-refractivity contribution in [2.75, 3.05) is 18.4 Å². The Bertz CT molecular complexity index is 928. The van der Waals surface area contributed by atoms with Gasteiger partial charge in [-0.1, -0.05) is 18.5 Å². The van der Waals surface area contributed by atoms with Crippen LogP contribution in [0.2, 0.25) is 5.02 Å². The molecule has 4 rings (SSSR count). The third-order valence-electron chi connectivity index (χ3n) is 6.00. The predicted octanol–water partition coefficient (Wildman–Crippen LogP) is 3.56. The van der Waals surface area contributed by atoms with Crippen molar-refractivity contribution >= 4 is 29.0 Å². The molecule has 152 valence electrons. The van der Waals surface area contributed by atoms with Crippen LogP contribution in [0.5, 0.6) is 0 Å². The van der Waals surface area contributed by atoms with E-state index in [-0.39, 0.29) is 12.0 Å². The van der Waals surface area contributed by atoms with E-state index in [9.17, 15) is 10.1 Å². The molecule has 0 bridgehead atoms. The van der Waals surface area contributed by atoms with Crippen molar-refractivity contribution in [3.8, 4) is 6.07 Å². The lowest BCUT2D eigenvalue weighted by Crippen LogP contribution is -2.53. The number of hydrogen-bond acceptors (Lipinski definition) is 5. The summed E-state index contributed by atoms with van der Waals surface area (Å²) in [6.45, 7) is 4.50. The summed E-state index contributed by atoms with van der Waals surface area (Å²) in [4.78, 5) is 14.5. The van der Waals surface area contributed by atoms with Gasteiger partial charge >= 0.3 is 0 Å². The first kappa shape index (κ1) is 19.7. The van der Waals surface area contributed by atoms with Crippen LogP contribution in [-0.4, -0.2) is 39.7 Å². The molecule has 7 nitrogen and oxygen atoms in total. The second kappa shape index (κ2) is 8.05. The predicted molar refractivity (Wildman–Crippen MR) is 112 cm³/mol. The van der Waals surface area contributed by atoms with Gasteiger partial charge in [-0.15, -0.1) is 0 Å². The number of halogens is 1. The summed E-state index contributed by atoms with van der Waals surface area (Å²) >= 11 is 5.93. The van der Waals surface area contributed by atoms with Gasteiger partial charge in [0.1, 0.15) is 5.56 Å². The number of nitrogens with two attached hydrogens (primary N) is 1. The SMILES string of the molecule is CC1CN(C2CCC(n3cc(C(N)=O)c(Nc4ccc(Cl)cc4)n3)C(C#N)C2)C1. The largest absolute Gasteiger partial charge is 0.365 e. The summed E-state index contributed by atoms with van der Waals surface area (Å²) in [5.41, 5.74) is 6.65. The van der Waals surface area contributed by atoms with Crippen LogP contribution < -0.4 is 11.1 Å². The Morgan fingerprint density at radius 2 is 2.03 bits per heavy atom. The molecular weight excluding hydrogens is 388 g/mol. The van der Waals surface area contributed by atoms with Crippen molar-refractivity contribution in [3.05, 3.63) is 41.0 Å². The van der Waals surface area contributed by atoms with Gasteiger partial charge in [0.25, 0.3) is 5.91 Å². The van der Waals surface area contributed by atoms with E-state index < -0.39 is 5.91 Å². The van der Waals surface area contributed by atoms with Crippen LogP contribution in [0.4, 0.5) is 11.5 Å². The summed E-state index contributed by atoms with van der Waals surface area (Å²) in [5, 5.41) is 18.1. The topological polar surface area (TPSA) is 100.0 Å². The third kappa shape index (κ3) is 4.09. The first-order valence-electron chi connectivity index (χ1n) is 9.99. The molecule has 1 saturated carbocycles. The molecule has 0 radical (unpaired) electrons. The highest BCUT2D eigenvalue weighted by Gasteiger charge is 2.38. The second-order valence-corrected chi connectivity index (χ2v) is 8.63. The number of hydrogen-bond donors (Lipinski definition) is 2. The molecule has 2 aromatic rings. The highest BCUT2D eigenvalue weighted by atomic mass is 35.5. The smallest absolute Gasteiger partial charge is 0.254 e. The van der Waals surface area contributed by atoms with Crippen LogP contribution in [0, 0.1) is 23.2 Å². The Morgan fingerprint density at radius 3 is 2.66 bits per heavy atom. The van der Waals surface area contributed by atoms with Gasteiger partial charge in [0.05, 0.1) is 18.0 Å². The van der Waals surface area contributed by atoms with Crippen LogP contribution >= 0.6 is 11.6 Å². The Morgan fingerprint density at radius 1 is 1.31 bits per heavy atom. The van der Waals surface area contributed by atoms with E-state index in [2.05, 4.69) is 28.3 Å². The summed E-state index contributed by atoms with van der Waals surface area (Å²) in [6.07, 6.45) is 4.39. The van der Waals surface area contributed by atoms with E-state index in [4.69, 9.17) is 17.3 Å². The number of carbonyl (C=O) groups excluding carboxylic acids is 1. The molecule has 1 aromatic heterocycles. The molecule has 3 atom stereocenters. The average Bonchev–Trinajstić information content (AvgIpc) is 3.10. The minimum Gasteiger partial charge on any atom is -0.365 e. The van der Waals surface area contributed by atoms with Crippen molar-refractivity contribution in [1.29, 1.82) is 5.26 Å². The van der Waals surface area contributed by atoms with Gasteiger partial charge in [-0.05, 0) is 49.4 Å². The molecule has 1 aliphatic carbocycles. The maximum absolute atomic E-state index is 12.0. The van der Waals surface area contributed by atoms with Gasteiger partial charge in [0, 0.05) is 36.0 Å². The normalized spacial score (nSPS) is 25.2. The van der Waals surface area contributed by atoms with Crippen LogP contribution in [-0.2, 0) is 0 Å². The highest BCUT2D eigenvalue weighted by Crippen LogP contribution is 2.38. The molecule has 0 spiro atoms. The average molecular weight is 413 g/mol. The fraction of sp³-hybridized carbons (Fsp3) is 0.476. The molecule has 3 N–H and O–H groups in total. The molecule has 2 aliphatic rings. The number of nitrogens with one attached hydrogen (secondary N) is 1. The van der Waals surface area contributed by atoms with Gasteiger partial charge < -0.3 is 11.1 Å². The van der Waals surface area contributed by atoms with Crippen molar-refractivity contribution in [2.24, 2.45) is 17.6 Å². The van der Waals surface area contributed by atoms with Crippen LogP contribution in [0.3, 0.4) is 0 Å². The molecule has 1 amide bonds. The zero-order valence-electron chi connectivity index (χ0n) is 16.4. The Labute approximate surface area is 175 Å². The lowest BCUT2D eigenvalue weighted by atomic mass is 9.80. The molecule has 2 heterocycles. The van der Waals surface area contributed by atoms with Gasteiger partial charge in [-0.3, -0.25) is 14.4 Å². The lowest BCUT2D eigenvalue weighted by Gasteiger charge is -2.46. The van der Waals surface area contributed by atoms with E-state index in [1.165, 1.54) is 0 Å². The van der Waals surface area contributed by atoms with E-state index in [1.807, 2.05) is 12.1 Å². The second-order valence-electron chi connectivity index (χ2n) is 8.20. The number of benzene rings is 1. The Balaban J connectivity index is 1.54. The number of nitriles is 1. The summed E-state index contributed by atoms with van der Waals surface area (Å²) in [7, 11) is 0. The number of primary amides is 1. The van der Waals surface area contributed by atoms with E-state index >= 15 is 0 Å². The number of aromatic nitrogens is 2. The van der Waals surface area contributed by atoms with Crippen molar-refractivity contribution in [3.63, 3.8) is 0 Å². The van der Waals surface area contributed by atoms with E-state index in [0.29, 0.717) is 22.4 Å². The molecule has 1 aliphatic heterocycles. The molecule has 3 unspecified atom stereocenters. The maximum atomic E-state index is 12.0. The Hall–Kier alpha value is -2.56. The fourth-order valence-electron chi connectivity index (χ4n) is 4.47. The minimum atomic E-state index is -0.551. The zero-order chi connectivity index (χ0) is 20.5. The number of likely N-dealkylation sites (tertiary alicyclic amines) is 1. The summed E-state index contributed by atoms with van der Waals surface area (Å²) < 4.78 is 1.75. The summed E-state index contributed by atoms with van der Waals surface area (Å²) in [6, 6.07) is 10.0. The molecular formula is C21H25ClN6O. The number of anilines is 2. The van der Waals surface area contributed by atoms with Crippen molar-refractivity contribution in [2.45, 2.75) is 38.3 Å². The van der Waals surface area contributed by atoms with E-state index in [1.54, 1.807) is 23.0 Å². The molecule has 1 aromatic carbocycles. The standard InChI is InChI=1S/C21H25ClN6O/c1-13-10-27(11-13)17-6-7-19(14(8-17)9-23)28-12-18(20(24)29)21(26-28)25-16-4-2-15(22)3-5-16/h2-5,12-14,17,19H,6-8,10-11H2,1H3,(H2,24,29)(H,25,26). The first-order valence-corrected chi connectivity index (χ1v) is 10.4. The number of carbonyl (C=O) groups is 1. The first-order chi connectivity index (χ1) is 13.9. The zero-order valence-corrected chi connectivity index (χ0v) is 17.1. The van der Waals surface area contributed by atoms with Crippen molar-refractivity contribution in [1.82, 2.24) is 14.7 Å². The van der Waals surface area contributed by atoms with Gasteiger partial charge in [0.15, 0.2) is 5.82 Å². The Kier molecular flexibility index (Phi) is 5.48. The monoisotopic (exact) mass is 412 g/mol. The summed E-state index contributed by atoms with van der Waals surface area (Å²) in [5.74, 6) is 0.451. The van der Waals surface area contributed by atoms with E-state index in [0.717, 1.165) is 44.0 Å². The quantitative estimate of drug-likeness (QED) is 0.781. The van der Waals surface area contributed by atoms with Crippen molar-refractivity contribution < 1.29 is 4.79 Å². The highest BCUT2D eigenvalue weighted by molar-refractivity contribution is 6.30. The molecule has 2 fully saturated rings. The van der Waals surface area contributed by atoms with Gasteiger partial charge in [-0.25, -0.2) is 0 Å². The minimum absolute atomic E-state index is 0.0613. The molecule has 1 saturated heterocycles. The maximum Gasteiger partial charge on any atom is 0.254 e.